The molecule has 7 heteroatoms. The van der Waals surface area contributed by atoms with Crippen LogP contribution in [0.5, 0.6) is 0 Å². The monoisotopic (exact) mass is 342 g/mol. The van der Waals surface area contributed by atoms with E-state index in [1.54, 1.807) is 11.0 Å². The molecule has 0 aliphatic carbocycles. The molecule has 0 saturated carbocycles. The quantitative estimate of drug-likeness (QED) is 0.800. The van der Waals surface area contributed by atoms with Crippen molar-refractivity contribution in [1.82, 2.24) is 19.6 Å². The number of benzene rings is 1. The number of likely N-dealkylation sites (tertiary alicyclic amines) is 1. The van der Waals surface area contributed by atoms with Crippen LogP contribution in [0.4, 0.5) is 0 Å². The van der Waals surface area contributed by atoms with E-state index in [4.69, 9.17) is 4.74 Å². The van der Waals surface area contributed by atoms with Crippen LogP contribution in [-0.2, 0) is 16.1 Å². The number of hydrogen-bond acceptors (Lipinski definition) is 5. The van der Waals surface area contributed by atoms with E-state index in [9.17, 15) is 9.59 Å². The lowest BCUT2D eigenvalue weighted by Crippen LogP contribution is -2.63. The van der Waals surface area contributed by atoms with Gasteiger partial charge in [0.1, 0.15) is 6.54 Å². The molecule has 4 rings (SSSR count). The van der Waals surface area contributed by atoms with Crippen LogP contribution >= 0.6 is 0 Å². The molecule has 1 aromatic carbocycles. The summed E-state index contributed by atoms with van der Waals surface area (Å²) in [6.45, 7) is 6.69. The van der Waals surface area contributed by atoms with Crippen molar-refractivity contribution in [3.8, 4) is 0 Å². The summed E-state index contributed by atoms with van der Waals surface area (Å²) >= 11 is 0. The zero-order valence-electron chi connectivity index (χ0n) is 14.4. The number of rotatable bonds is 3. The van der Waals surface area contributed by atoms with Crippen LogP contribution in [0.3, 0.4) is 0 Å². The van der Waals surface area contributed by atoms with Crippen LogP contribution in [0.25, 0.3) is 10.8 Å². The molecule has 0 atom stereocenters. The first-order valence-electron chi connectivity index (χ1n) is 8.69. The predicted molar refractivity (Wildman–Crippen MR) is 93.5 cm³/mol. The molecule has 1 amide bonds. The Morgan fingerprint density at radius 2 is 1.88 bits per heavy atom. The van der Waals surface area contributed by atoms with Crippen LogP contribution in [0, 0.1) is 6.92 Å². The summed E-state index contributed by atoms with van der Waals surface area (Å²) in [5.41, 5.74) is 0.553. The summed E-state index contributed by atoms with van der Waals surface area (Å²) in [5.74, 6) is -0.0474. The van der Waals surface area contributed by atoms with Crippen molar-refractivity contribution in [2.45, 2.75) is 19.5 Å². The van der Waals surface area contributed by atoms with Crippen molar-refractivity contribution in [3.63, 3.8) is 0 Å². The fourth-order valence-corrected chi connectivity index (χ4v) is 3.57. The second-order valence-electron chi connectivity index (χ2n) is 6.69. The maximum Gasteiger partial charge on any atom is 0.275 e. The first-order valence-corrected chi connectivity index (χ1v) is 8.69. The third-order valence-electron chi connectivity index (χ3n) is 5.11. The zero-order valence-corrected chi connectivity index (χ0v) is 14.4. The molecule has 2 aliphatic heterocycles. The van der Waals surface area contributed by atoms with Crippen LogP contribution < -0.4 is 5.56 Å². The third kappa shape index (κ3) is 3.05. The molecule has 0 radical (unpaired) electrons. The van der Waals surface area contributed by atoms with Gasteiger partial charge in [0.2, 0.25) is 5.91 Å². The zero-order chi connectivity index (χ0) is 17.4. The summed E-state index contributed by atoms with van der Waals surface area (Å²) in [7, 11) is 0. The van der Waals surface area contributed by atoms with Gasteiger partial charge in [0.05, 0.1) is 24.3 Å². The van der Waals surface area contributed by atoms with Crippen molar-refractivity contribution < 1.29 is 9.53 Å². The van der Waals surface area contributed by atoms with Gasteiger partial charge in [-0.1, -0.05) is 18.2 Å². The highest BCUT2D eigenvalue weighted by molar-refractivity contribution is 5.83. The largest absolute Gasteiger partial charge is 0.379 e. The number of ether oxygens (including phenoxy) is 1. The molecule has 0 bridgehead atoms. The summed E-state index contributed by atoms with van der Waals surface area (Å²) < 4.78 is 6.66. The molecule has 2 saturated heterocycles. The number of nitrogens with zero attached hydrogens (tertiary/aromatic N) is 4. The Morgan fingerprint density at radius 1 is 1.20 bits per heavy atom. The average molecular weight is 342 g/mol. The highest BCUT2D eigenvalue weighted by Gasteiger charge is 2.35. The van der Waals surface area contributed by atoms with Crippen LogP contribution in [-0.4, -0.2) is 70.9 Å². The molecule has 0 N–H and O–H groups in total. The number of morpholine rings is 1. The van der Waals surface area contributed by atoms with Gasteiger partial charge in [-0.2, -0.15) is 5.10 Å². The minimum absolute atomic E-state index is 0.000336. The molecular formula is C18H22N4O3. The van der Waals surface area contributed by atoms with Gasteiger partial charge in [0, 0.05) is 37.6 Å². The molecule has 3 heterocycles. The molecule has 7 nitrogen and oxygen atoms in total. The molecular weight excluding hydrogens is 320 g/mol. The van der Waals surface area contributed by atoms with Crippen molar-refractivity contribution >= 4 is 16.7 Å². The maximum atomic E-state index is 12.6. The molecule has 2 aromatic rings. The molecule has 0 spiro atoms. The summed E-state index contributed by atoms with van der Waals surface area (Å²) in [4.78, 5) is 29.2. The van der Waals surface area contributed by atoms with Gasteiger partial charge < -0.3 is 9.64 Å². The van der Waals surface area contributed by atoms with E-state index in [2.05, 4.69) is 10.00 Å². The fourth-order valence-electron chi connectivity index (χ4n) is 3.57. The van der Waals surface area contributed by atoms with E-state index in [0.717, 1.165) is 50.5 Å². The summed E-state index contributed by atoms with van der Waals surface area (Å²) in [6, 6.07) is 7.80. The lowest BCUT2D eigenvalue weighted by atomic mass is 10.1. The van der Waals surface area contributed by atoms with E-state index < -0.39 is 0 Å². The Labute approximate surface area is 145 Å². The number of amides is 1. The van der Waals surface area contributed by atoms with E-state index >= 15 is 0 Å². The molecule has 1 aromatic heterocycles. The average Bonchev–Trinajstić information content (AvgIpc) is 2.59. The number of carbonyl (C=O) groups excluding carboxylic acids is 1. The summed E-state index contributed by atoms with van der Waals surface area (Å²) in [5, 5.41) is 5.77. The highest BCUT2D eigenvalue weighted by atomic mass is 16.5. The van der Waals surface area contributed by atoms with Gasteiger partial charge in [-0.3, -0.25) is 14.5 Å². The molecule has 2 aliphatic rings. The number of carbonyl (C=O) groups is 1. The Kier molecular flexibility index (Phi) is 4.27. The SMILES string of the molecule is Cc1nn(CC(=O)N2CC(N3CCOCC3)C2)c(=O)c2ccccc12. The van der Waals surface area contributed by atoms with Crippen LogP contribution in [0.2, 0.25) is 0 Å². The minimum atomic E-state index is -0.209. The molecule has 0 unspecified atom stereocenters. The van der Waals surface area contributed by atoms with Gasteiger partial charge in [-0.25, -0.2) is 4.68 Å². The Balaban J connectivity index is 1.44. The van der Waals surface area contributed by atoms with Crippen molar-refractivity contribution in [3.05, 3.63) is 40.3 Å². The van der Waals surface area contributed by atoms with Gasteiger partial charge in [0.25, 0.3) is 5.56 Å². The van der Waals surface area contributed by atoms with E-state index in [0.29, 0.717) is 11.4 Å². The van der Waals surface area contributed by atoms with Gasteiger partial charge in [-0.05, 0) is 13.0 Å². The van der Waals surface area contributed by atoms with Crippen molar-refractivity contribution in [1.29, 1.82) is 0 Å². The number of aromatic nitrogens is 2. The second kappa shape index (κ2) is 6.57. The molecule has 25 heavy (non-hydrogen) atoms. The minimum Gasteiger partial charge on any atom is -0.379 e. The smallest absolute Gasteiger partial charge is 0.275 e. The lowest BCUT2D eigenvalue weighted by molar-refractivity contribution is -0.141. The highest BCUT2D eigenvalue weighted by Crippen LogP contribution is 2.17. The number of hydrogen-bond donors (Lipinski definition) is 0. The van der Waals surface area contributed by atoms with E-state index in [1.807, 2.05) is 25.1 Å². The van der Waals surface area contributed by atoms with E-state index in [1.165, 1.54) is 4.68 Å². The van der Waals surface area contributed by atoms with Gasteiger partial charge in [0.15, 0.2) is 0 Å². The number of fused-ring (bicyclic) bond motifs is 1. The van der Waals surface area contributed by atoms with Crippen molar-refractivity contribution in [2.24, 2.45) is 0 Å². The standard InChI is InChI=1S/C18H22N4O3/c1-13-15-4-2-3-5-16(15)18(24)22(19-13)12-17(23)21-10-14(11-21)20-6-8-25-9-7-20/h2-5,14H,6-12H2,1H3. The molecule has 2 fully saturated rings. The normalized spacial score (nSPS) is 19.2. The topological polar surface area (TPSA) is 67.7 Å². The predicted octanol–water partition coefficient (Wildman–Crippen LogP) is 0.248. The first kappa shape index (κ1) is 16.2. The van der Waals surface area contributed by atoms with Crippen molar-refractivity contribution in [2.75, 3.05) is 39.4 Å². The Bertz CT molecular complexity index is 851. The van der Waals surface area contributed by atoms with Crippen LogP contribution in [0.1, 0.15) is 5.69 Å². The fraction of sp³-hybridized carbons (Fsp3) is 0.500. The summed E-state index contributed by atoms with van der Waals surface area (Å²) in [6.07, 6.45) is 0. The van der Waals surface area contributed by atoms with Gasteiger partial charge >= 0.3 is 0 Å². The first-order chi connectivity index (χ1) is 12.1. The maximum absolute atomic E-state index is 12.6. The second-order valence-corrected chi connectivity index (χ2v) is 6.69. The third-order valence-corrected chi connectivity index (χ3v) is 5.11. The Hall–Kier alpha value is -2.25. The number of aryl methyl sites for hydroxylation is 1. The Morgan fingerprint density at radius 3 is 2.60 bits per heavy atom. The van der Waals surface area contributed by atoms with Gasteiger partial charge in [-0.15, -0.1) is 0 Å². The molecule has 132 valence electrons. The lowest BCUT2D eigenvalue weighted by Gasteiger charge is -2.46. The van der Waals surface area contributed by atoms with E-state index in [-0.39, 0.29) is 18.0 Å². The van der Waals surface area contributed by atoms with Crippen LogP contribution in [0.15, 0.2) is 29.1 Å².